The summed E-state index contributed by atoms with van der Waals surface area (Å²) in [6, 6.07) is 15.7. The predicted octanol–water partition coefficient (Wildman–Crippen LogP) is 5.55. The fourth-order valence-corrected chi connectivity index (χ4v) is 4.45. The number of carbonyl (C=O) groups is 1. The van der Waals surface area contributed by atoms with Crippen LogP contribution < -0.4 is 4.74 Å². The van der Waals surface area contributed by atoms with E-state index in [1.165, 1.54) is 24.3 Å². The van der Waals surface area contributed by atoms with E-state index >= 15 is 0 Å². The van der Waals surface area contributed by atoms with Crippen LogP contribution in [-0.2, 0) is 9.53 Å². The van der Waals surface area contributed by atoms with Gasteiger partial charge in [-0.15, -0.1) is 0 Å². The van der Waals surface area contributed by atoms with Gasteiger partial charge in [0.05, 0.1) is 12.5 Å². The zero-order chi connectivity index (χ0) is 23.5. The van der Waals surface area contributed by atoms with Crippen molar-refractivity contribution in [1.29, 1.82) is 0 Å². The third-order valence-electron chi connectivity index (χ3n) is 5.63. The highest BCUT2D eigenvalue weighted by atomic mass is 35.5. The van der Waals surface area contributed by atoms with Crippen LogP contribution in [0.2, 0.25) is 5.02 Å². The number of halogens is 3. The van der Waals surface area contributed by atoms with Crippen molar-refractivity contribution in [1.82, 2.24) is 0 Å². The summed E-state index contributed by atoms with van der Waals surface area (Å²) in [5, 5.41) is 10.4. The van der Waals surface area contributed by atoms with Gasteiger partial charge in [0, 0.05) is 22.9 Å². The van der Waals surface area contributed by atoms with E-state index < -0.39 is 24.1 Å². The first-order valence-electron chi connectivity index (χ1n) is 10.6. The summed E-state index contributed by atoms with van der Waals surface area (Å²) in [6.45, 7) is 1.90. The van der Waals surface area contributed by atoms with Gasteiger partial charge in [0.1, 0.15) is 30.1 Å². The first-order chi connectivity index (χ1) is 15.8. The molecule has 0 amide bonds. The molecule has 2 atom stereocenters. The molecule has 0 unspecified atom stereocenters. The van der Waals surface area contributed by atoms with Gasteiger partial charge in [0.15, 0.2) is 0 Å². The summed E-state index contributed by atoms with van der Waals surface area (Å²) < 4.78 is 38.7. The molecule has 0 radical (unpaired) electrons. The average Bonchev–Trinajstić information content (AvgIpc) is 2.75. The minimum absolute atomic E-state index is 0.0288. The lowest BCUT2D eigenvalue weighted by Crippen LogP contribution is -2.36. The van der Waals surface area contributed by atoms with Gasteiger partial charge in [-0.3, -0.25) is 4.79 Å². The summed E-state index contributed by atoms with van der Waals surface area (Å²) >= 11 is 6.40. The maximum Gasteiger partial charge on any atom is 0.308 e. The van der Waals surface area contributed by atoms with Crippen LogP contribution in [-0.4, -0.2) is 29.9 Å². The molecule has 3 aromatic rings. The largest absolute Gasteiger partial charge is 0.489 e. The molecule has 1 N–H and O–H groups in total. The van der Waals surface area contributed by atoms with Crippen LogP contribution in [0.15, 0.2) is 60.7 Å². The molecule has 0 aliphatic carbocycles. The molecule has 33 heavy (non-hydrogen) atoms. The Morgan fingerprint density at radius 3 is 2.18 bits per heavy atom. The number of aliphatic hydroxyl groups excluding tert-OH is 1. The fraction of sp³-hybridized carbons (Fsp3) is 0.269. The number of hydrogen-bond acceptors (Lipinski definition) is 4. The molecule has 0 saturated carbocycles. The summed E-state index contributed by atoms with van der Waals surface area (Å²) in [5.41, 5.74) is 3.01. The van der Waals surface area contributed by atoms with Gasteiger partial charge in [0.25, 0.3) is 0 Å². The zero-order valence-electron chi connectivity index (χ0n) is 17.9. The normalized spacial score (nSPS) is 18.3. The number of ether oxygens (including phenoxy) is 2. The number of esters is 1. The Morgan fingerprint density at radius 2 is 1.64 bits per heavy atom. The SMILES string of the molecule is Cc1cc(Cl)cc(C(c2ccc(F)cc2)c2ccc(F)cc2)c1OC[C@@H]1C[C@@H](O)CC(=O)O1. The van der Waals surface area contributed by atoms with Crippen molar-refractivity contribution in [2.24, 2.45) is 0 Å². The molecule has 1 aliphatic heterocycles. The number of carbonyl (C=O) groups excluding carboxylic acids is 1. The lowest BCUT2D eigenvalue weighted by molar-refractivity contribution is -0.162. The van der Waals surface area contributed by atoms with Gasteiger partial charge in [-0.2, -0.15) is 0 Å². The molecule has 0 bridgehead atoms. The number of hydrogen-bond donors (Lipinski definition) is 1. The van der Waals surface area contributed by atoms with Crippen molar-refractivity contribution < 1.29 is 28.2 Å². The van der Waals surface area contributed by atoms with Crippen molar-refractivity contribution in [3.05, 3.63) is 99.6 Å². The van der Waals surface area contributed by atoms with Crippen LogP contribution in [0.3, 0.4) is 0 Å². The van der Waals surface area contributed by atoms with Crippen molar-refractivity contribution in [3.63, 3.8) is 0 Å². The second kappa shape index (κ2) is 9.89. The van der Waals surface area contributed by atoms with E-state index in [9.17, 15) is 18.7 Å². The van der Waals surface area contributed by atoms with Gasteiger partial charge in [-0.1, -0.05) is 35.9 Å². The molecular weight excluding hydrogens is 450 g/mol. The van der Waals surface area contributed by atoms with E-state index in [0.717, 1.165) is 16.7 Å². The number of benzene rings is 3. The van der Waals surface area contributed by atoms with Crippen LogP contribution in [0, 0.1) is 18.6 Å². The Hall–Kier alpha value is -2.96. The van der Waals surface area contributed by atoms with E-state index in [2.05, 4.69) is 0 Å². The first kappa shape index (κ1) is 23.2. The molecule has 4 nitrogen and oxygen atoms in total. The topological polar surface area (TPSA) is 55.8 Å². The molecule has 0 spiro atoms. The molecule has 7 heteroatoms. The van der Waals surface area contributed by atoms with Gasteiger partial charge >= 0.3 is 5.97 Å². The maximum absolute atomic E-state index is 13.6. The minimum Gasteiger partial charge on any atom is -0.489 e. The summed E-state index contributed by atoms with van der Waals surface area (Å²) in [5.74, 6) is -1.08. The van der Waals surface area contributed by atoms with Gasteiger partial charge < -0.3 is 14.6 Å². The minimum atomic E-state index is -0.767. The van der Waals surface area contributed by atoms with Crippen LogP contribution in [0.25, 0.3) is 0 Å². The van der Waals surface area contributed by atoms with Crippen molar-refractivity contribution in [2.45, 2.75) is 37.9 Å². The molecule has 3 aromatic carbocycles. The Kier molecular flexibility index (Phi) is 6.96. The number of cyclic esters (lactones) is 1. The van der Waals surface area contributed by atoms with Crippen molar-refractivity contribution >= 4 is 17.6 Å². The lowest BCUT2D eigenvalue weighted by Gasteiger charge is -2.28. The Balaban J connectivity index is 1.75. The standard InChI is InChI=1S/C26H23ClF2O4/c1-15-10-18(27)11-23(26(15)32-14-22-12-21(30)13-24(31)33-22)25(16-2-6-19(28)7-3-16)17-4-8-20(29)9-5-17/h2-11,21-22,25,30H,12-14H2,1H3/t21-,22+/m1/s1. The Morgan fingerprint density at radius 1 is 1.06 bits per heavy atom. The second-order valence-electron chi connectivity index (χ2n) is 8.19. The molecule has 1 heterocycles. The highest BCUT2D eigenvalue weighted by Gasteiger charge is 2.29. The Bertz CT molecular complexity index is 1090. The maximum atomic E-state index is 13.6. The third kappa shape index (κ3) is 5.52. The van der Waals surface area contributed by atoms with Crippen LogP contribution >= 0.6 is 11.6 Å². The highest BCUT2D eigenvalue weighted by Crippen LogP contribution is 2.41. The van der Waals surface area contributed by atoms with Crippen molar-refractivity contribution in [2.75, 3.05) is 6.61 Å². The van der Waals surface area contributed by atoms with E-state index in [4.69, 9.17) is 21.1 Å². The molecule has 172 valence electrons. The number of aliphatic hydroxyl groups is 1. The van der Waals surface area contributed by atoms with Gasteiger partial charge in [-0.05, 0) is 60.0 Å². The summed E-state index contributed by atoms with van der Waals surface area (Å²) in [7, 11) is 0. The molecule has 1 fully saturated rings. The smallest absolute Gasteiger partial charge is 0.308 e. The average molecular weight is 473 g/mol. The molecule has 1 saturated heterocycles. The van der Waals surface area contributed by atoms with E-state index in [-0.39, 0.29) is 31.1 Å². The van der Waals surface area contributed by atoms with E-state index in [1.807, 2.05) is 6.92 Å². The summed E-state index contributed by atoms with van der Waals surface area (Å²) in [6.07, 6.45) is -1.09. The monoisotopic (exact) mass is 472 g/mol. The van der Waals surface area contributed by atoms with Crippen LogP contribution in [0.4, 0.5) is 8.78 Å². The van der Waals surface area contributed by atoms with E-state index in [0.29, 0.717) is 16.3 Å². The lowest BCUT2D eigenvalue weighted by atomic mass is 9.84. The number of rotatable bonds is 6. The van der Waals surface area contributed by atoms with Crippen LogP contribution in [0.1, 0.15) is 41.0 Å². The highest BCUT2D eigenvalue weighted by molar-refractivity contribution is 6.30. The molecular formula is C26H23ClF2O4. The van der Waals surface area contributed by atoms with Gasteiger partial charge in [-0.25, -0.2) is 8.78 Å². The molecule has 4 rings (SSSR count). The van der Waals surface area contributed by atoms with Gasteiger partial charge in [0.2, 0.25) is 0 Å². The summed E-state index contributed by atoms with van der Waals surface area (Å²) in [4.78, 5) is 11.7. The van der Waals surface area contributed by atoms with E-state index in [1.54, 1.807) is 36.4 Å². The van der Waals surface area contributed by atoms with Crippen LogP contribution in [0.5, 0.6) is 5.75 Å². The predicted molar refractivity (Wildman–Crippen MR) is 121 cm³/mol. The Labute approximate surface area is 195 Å². The quantitative estimate of drug-likeness (QED) is 0.377. The van der Waals surface area contributed by atoms with Crippen molar-refractivity contribution in [3.8, 4) is 5.75 Å². The second-order valence-corrected chi connectivity index (χ2v) is 8.63. The third-order valence-corrected chi connectivity index (χ3v) is 5.85. The number of aryl methyl sites for hydroxylation is 1. The zero-order valence-corrected chi connectivity index (χ0v) is 18.7. The fourth-order valence-electron chi connectivity index (χ4n) is 4.17. The molecule has 0 aromatic heterocycles. The molecule has 1 aliphatic rings. The first-order valence-corrected chi connectivity index (χ1v) is 11.0.